The van der Waals surface area contributed by atoms with E-state index < -0.39 is 0 Å². The fraction of sp³-hybridized carbons (Fsp3) is 0.857. The highest BCUT2D eigenvalue weighted by Crippen LogP contribution is 2.18. The van der Waals surface area contributed by atoms with E-state index in [-0.39, 0.29) is 35.9 Å². The summed E-state index contributed by atoms with van der Waals surface area (Å²) in [5, 5.41) is 3.28. The predicted molar refractivity (Wildman–Crippen MR) is 94.2 cm³/mol. The van der Waals surface area contributed by atoms with E-state index in [0.29, 0.717) is 19.8 Å². The first-order valence-corrected chi connectivity index (χ1v) is 7.41. The van der Waals surface area contributed by atoms with Crippen LogP contribution >= 0.6 is 24.0 Å². The quantitative estimate of drug-likeness (QED) is 0.235. The van der Waals surface area contributed by atoms with E-state index in [9.17, 15) is 4.79 Å². The molecule has 21 heavy (non-hydrogen) atoms. The van der Waals surface area contributed by atoms with Gasteiger partial charge in [0, 0.05) is 26.7 Å². The molecule has 0 spiro atoms. The average Bonchev–Trinajstić information content (AvgIpc) is 2.47. The summed E-state index contributed by atoms with van der Waals surface area (Å²) >= 11 is 0. The zero-order chi connectivity index (χ0) is 14.8. The van der Waals surface area contributed by atoms with Gasteiger partial charge < -0.3 is 19.7 Å². The Hall–Kier alpha value is -0.570. The number of guanidine groups is 1. The molecule has 0 atom stereocenters. The van der Waals surface area contributed by atoms with Crippen molar-refractivity contribution in [3.8, 4) is 0 Å². The van der Waals surface area contributed by atoms with Crippen LogP contribution in [0, 0.1) is 5.92 Å². The standard InChI is InChI=1S/C14H27N3O3.HI/c1-4-15-14(16-8-11-19-3)17-9-6-12(7-10-17)13(18)20-5-2;/h12H,4-11H2,1-3H3,(H,15,16);1H. The Morgan fingerprint density at radius 2 is 2.00 bits per heavy atom. The summed E-state index contributed by atoms with van der Waals surface area (Å²) in [6.07, 6.45) is 1.65. The molecule has 0 radical (unpaired) electrons. The van der Waals surface area contributed by atoms with Crippen molar-refractivity contribution in [2.75, 3.05) is 46.5 Å². The van der Waals surface area contributed by atoms with Crippen LogP contribution in [-0.2, 0) is 14.3 Å². The third-order valence-corrected chi connectivity index (χ3v) is 3.31. The van der Waals surface area contributed by atoms with Crippen molar-refractivity contribution in [2.24, 2.45) is 10.9 Å². The monoisotopic (exact) mass is 413 g/mol. The minimum Gasteiger partial charge on any atom is -0.466 e. The second kappa shape index (κ2) is 12.0. The van der Waals surface area contributed by atoms with E-state index >= 15 is 0 Å². The van der Waals surface area contributed by atoms with Gasteiger partial charge in [-0.25, -0.2) is 0 Å². The minimum atomic E-state index is -0.0616. The molecular weight excluding hydrogens is 385 g/mol. The molecule has 0 saturated carbocycles. The van der Waals surface area contributed by atoms with Gasteiger partial charge in [0.05, 0.1) is 25.7 Å². The fourth-order valence-electron chi connectivity index (χ4n) is 2.26. The first kappa shape index (κ1) is 20.4. The number of esters is 1. The maximum Gasteiger partial charge on any atom is 0.309 e. The summed E-state index contributed by atoms with van der Waals surface area (Å²) in [4.78, 5) is 18.4. The summed E-state index contributed by atoms with van der Waals surface area (Å²) in [6.45, 7) is 8.13. The van der Waals surface area contributed by atoms with Gasteiger partial charge in [0.1, 0.15) is 0 Å². The fourth-order valence-corrected chi connectivity index (χ4v) is 2.26. The van der Waals surface area contributed by atoms with Crippen LogP contribution in [0.25, 0.3) is 0 Å². The molecule has 0 aromatic carbocycles. The van der Waals surface area contributed by atoms with Crippen LogP contribution in [0.3, 0.4) is 0 Å². The number of piperidine rings is 1. The van der Waals surface area contributed by atoms with E-state index in [1.807, 2.05) is 6.92 Å². The Bertz CT molecular complexity index is 319. The lowest BCUT2D eigenvalue weighted by Crippen LogP contribution is -2.46. The molecule has 7 heteroatoms. The van der Waals surface area contributed by atoms with Crippen molar-refractivity contribution in [3.63, 3.8) is 0 Å². The second-order valence-electron chi connectivity index (χ2n) is 4.74. The zero-order valence-electron chi connectivity index (χ0n) is 13.3. The number of nitrogens with one attached hydrogen (secondary N) is 1. The summed E-state index contributed by atoms with van der Waals surface area (Å²) in [6, 6.07) is 0. The summed E-state index contributed by atoms with van der Waals surface area (Å²) in [5.74, 6) is 0.883. The predicted octanol–water partition coefficient (Wildman–Crippen LogP) is 1.49. The lowest BCUT2D eigenvalue weighted by atomic mass is 9.97. The number of hydrogen-bond acceptors (Lipinski definition) is 4. The van der Waals surface area contributed by atoms with Crippen molar-refractivity contribution in [2.45, 2.75) is 26.7 Å². The molecule has 6 nitrogen and oxygen atoms in total. The summed E-state index contributed by atoms with van der Waals surface area (Å²) in [5.41, 5.74) is 0. The third-order valence-electron chi connectivity index (χ3n) is 3.31. The van der Waals surface area contributed by atoms with Crippen LogP contribution in [0.1, 0.15) is 26.7 Å². The molecule has 1 saturated heterocycles. The van der Waals surface area contributed by atoms with Gasteiger partial charge in [0.2, 0.25) is 0 Å². The number of ether oxygens (including phenoxy) is 2. The van der Waals surface area contributed by atoms with E-state index in [1.54, 1.807) is 7.11 Å². The lowest BCUT2D eigenvalue weighted by Gasteiger charge is -2.33. The normalized spacial score (nSPS) is 16.3. The first-order chi connectivity index (χ1) is 9.72. The molecule has 1 fully saturated rings. The average molecular weight is 413 g/mol. The van der Waals surface area contributed by atoms with Gasteiger partial charge >= 0.3 is 5.97 Å². The van der Waals surface area contributed by atoms with Gasteiger partial charge in [-0.1, -0.05) is 0 Å². The molecule has 1 heterocycles. The smallest absolute Gasteiger partial charge is 0.309 e. The van der Waals surface area contributed by atoms with Gasteiger partial charge in [-0.15, -0.1) is 24.0 Å². The second-order valence-corrected chi connectivity index (χ2v) is 4.74. The van der Waals surface area contributed by atoms with Crippen LogP contribution in [0.4, 0.5) is 0 Å². The summed E-state index contributed by atoms with van der Waals surface area (Å²) < 4.78 is 10.1. The Morgan fingerprint density at radius 1 is 1.33 bits per heavy atom. The van der Waals surface area contributed by atoms with Gasteiger partial charge in [-0.05, 0) is 26.7 Å². The Morgan fingerprint density at radius 3 is 2.52 bits per heavy atom. The number of rotatable bonds is 6. The number of hydrogen-bond donors (Lipinski definition) is 1. The topological polar surface area (TPSA) is 63.2 Å². The van der Waals surface area contributed by atoms with Crippen LogP contribution in [0.2, 0.25) is 0 Å². The molecular formula is C14H28IN3O3. The molecule has 0 aromatic heterocycles. The van der Waals surface area contributed by atoms with E-state index in [2.05, 4.69) is 22.1 Å². The van der Waals surface area contributed by atoms with Crippen LogP contribution in [0.15, 0.2) is 4.99 Å². The molecule has 1 aliphatic rings. The number of halogens is 1. The van der Waals surface area contributed by atoms with Gasteiger partial charge in [0.25, 0.3) is 0 Å². The largest absolute Gasteiger partial charge is 0.466 e. The van der Waals surface area contributed by atoms with Crippen LogP contribution in [0.5, 0.6) is 0 Å². The molecule has 1 rings (SSSR count). The SMILES string of the molecule is CCNC(=NCCOC)N1CCC(C(=O)OCC)CC1.I. The van der Waals surface area contributed by atoms with Crippen molar-refractivity contribution >= 4 is 35.9 Å². The molecule has 0 bridgehead atoms. The molecule has 124 valence electrons. The highest BCUT2D eigenvalue weighted by molar-refractivity contribution is 14.0. The number of aliphatic imine (C=N–C) groups is 1. The maximum absolute atomic E-state index is 11.7. The number of nitrogens with zero attached hydrogens (tertiary/aromatic N) is 2. The van der Waals surface area contributed by atoms with Crippen LogP contribution in [-0.4, -0.2) is 63.3 Å². The first-order valence-electron chi connectivity index (χ1n) is 7.41. The third kappa shape index (κ3) is 7.30. The molecule has 0 aromatic rings. The molecule has 0 amide bonds. The van der Waals surface area contributed by atoms with Crippen molar-refractivity contribution < 1.29 is 14.3 Å². The van der Waals surface area contributed by atoms with Crippen molar-refractivity contribution in [1.29, 1.82) is 0 Å². The van der Waals surface area contributed by atoms with Crippen molar-refractivity contribution in [1.82, 2.24) is 10.2 Å². The Balaban J connectivity index is 0.00000400. The van der Waals surface area contributed by atoms with E-state index in [0.717, 1.165) is 38.4 Å². The zero-order valence-corrected chi connectivity index (χ0v) is 15.6. The number of likely N-dealkylation sites (tertiary alicyclic amines) is 1. The van der Waals surface area contributed by atoms with Crippen LogP contribution < -0.4 is 5.32 Å². The Kier molecular flexibility index (Phi) is 11.7. The maximum atomic E-state index is 11.7. The Labute approximate surface area is 144 Å². The van der Waals surface area contributed by atoms with E-state index in [1.165, 1.54) is 0 Å². The number of carbonyl (C=O) groups is 1. The molecule has 0 aliphatic carbocycles. The number of carbonyl (C=O) groups excluding carboxylic acids is 1. The molecule has 0 unspecified atom stereocenters. The van der Waals surface area contributed by atoms with Gasteiger partial charge in [-0.3, -0.25) is 9.79 Å². The molecule has 1 N–H and O–H groups in total. The molecule has 1 aliphatic heterocycles. The van der Waals surface area contributed by atoms with Crippen molar-refractivity contribution in [3.05, 3.63) is 0 Å². The lowest BCUT2D eigenvalue weighted by molar-refractivity contribution is -0.149. The van der Waals surface area contributed by atoms with E-state index in [4.69, 9.17) is 9.47 Å². The van der Waals surface area contributed by atoms with Gasteiger partial charge in [0.15, 0.2) is 5.96 Å². The highest BCUT2D eigenvalue weighted by Gasteiger charge is 2.27. The summed E-state index contributed by atoms with van der Waals surface area (Å²) in [7, 11) is 1.67. The minimum absolute atomic E-state index is 0. The van der Waals surface area contributed by atoms with Gasteiger partial charge in [-0.2, -0.15) is 0 Å². The highest BCUT2D eigenvalue weighted by atomic mass is 127. The number of methoxy groups -OCH3 is 1.